The van der Waals surface area contributed by atoms with Crippen molar-refractivity contribution in [2.45, 2.75) is 6.18 Å². The van der Waals surface area contributed by atoms with Crippen molar-refractivity contribution >= 4 is 34.8 Å². The average Bonchev–Trinajstić information content (AvgIpc) is 2.64. The molecule has 0 radical (unpaired) electrons. The number of alkyl halides is 3. The number of benzene rings is 2. The van der Waals surface area contributed by atoms with Crippen LogP contribution in [0.5, 0.6) is 0 Å². The molecule has 2 aromatic carbocycles. The summed E-state index contributed by atoms with van der Waals surface area (Å²) in [6, 6.07) is 7.21. The molecule has 1 aliphatic heterocycles. The summed E-state index contributed by atoms with van der Waals surface area (Å²) < 4.78 is 52.2. The predicted molar refractivity (Wildman–Crippen MR) is 96.0 cm³/mol. The number of halogens is 6. The zero-order valence-corrected chi connectivity index (χ0v) is 15.4. The van der Waals surface area contributed by atoms with Crippen molar-refractivity contribution in [3.05, 3.63) is 63.4 Å². The summed E-state index contributed by atoms with van der Waals surface area (Å²) in [6.07, 6.45) is -4.41. The number of carbonyl (C=O) groups excluding carboxylic acids is 1. The van der Waals surface area contributed by atoms with Gasteiger partial charge in [-0.15, -0.1) is 0 Å². The first-order valence-electron chi connectivity index (χ1n) is 8.03. The lowest BCUT2D eigenvalue weighted by atomic mass is 10.1. The highest BCUT2D eigenvalue weighted by Gasteiger charge is 2.31. The molecule has 3 rings (SSSR count). The van der Waals surface area contributed by atoms with Crippen molar-refractivity contribution < 1.29 is 22.4 Å². The Morgan fingerprint density at radius 2 is 1.63 bits per heavy atom. The molecule has 2 aromatic rings. The zero-order valence-electron chi connectivity index (χ0n) is 13.9. The van der Waals surface area contributed by atoms with Crippen molar-refractivity contribution in [1.29, 1.82) is 0 Å². The Morgan fingerprint density at radius 1 is 0.963 bits per heavy atom. The first kappa shape index (κ1) is 19.8. The van der Waals surface area contributed by atoms with E-state index in [2.05, 4.69) is 0 Å². The van der Waals surface area contributed by atoms with Gasteiger partial charge in [0.1, 0.15) is 5.82 Å². The molecule has 0 aliphatic carbocycles. The minimum absolute atomic E-state index is 0.00563. The maximum Gasteiger partial charge on any atom is 0.416 e. The van der Waals surface area contributed by atoms with E-state index in [1.807, 2.05) is 0 Å². The number of hydrogen-bond donors (Lipinski definition) is 0. The van der Waals surface area contributed by atoms with E-state index in [-0.39, 0.29) is 28.7 Å². The number of anilines is 1. The third kappa shape index (κ3) is 4.30. The number of amides is 1. The monoisotopic (exact) mass is 420 g/mol. The number of piperazine rings is 1. The van der Waals surface area contributed by atoms with Crippen LogP contribution in [-0.4, -0.2) is 37.0 Å². The van der Waals surface area contributed by atoms with Gasteiger partial charge in [-0.05, 0) is 30.3 Å². The first-order valence-corrected chi connectivity index (χ1v) is 8.78. The number of rotatable bonds is 2. The summed E-state index contributed by atoms with van der Waals surface area (Å²) in [5.74, 6) is -1.19. The Hall–Kier alpha value is -1.99. The van der Waals surface area contributed by atoms with E-state index >= 15 is 0 Å². The Balaban J connectivity index is 1.71. The first-order chi connectivity index (χ1) is 12.7. The van der Waals surface area contributed by atoms with Gasteiger partial charge in [0.2, 0.25) is 0 Å². The molecule has 0 atom stereocenters. The number of carbonyl (C=O) groups is 1. The average molecular weight is 421 g/mol. The highest BCUT2D eigenvalue weighted by Crippen LogP contribution is 2.32. The van der Waals surface area contributed by atoms with E-state index in [0.717, 1.165) is 18.2 Å². The molecule has 0 bridgehead atoms. The quantitative estimate of drug-likeness (QED) is 0.497. The van der Waals surface area contributed by atoms with Crippen LogP contribution in [0.15, 0.2) is 36.4 Å². The molecule has 3 nitrogen and oxygen atoms in total. The van der Waals surface area contributed by atoms with E-state index in [9.17, 15) is 22.4 Å². The second kappa shape index (κ2) is 7.56. The molecule has 0 N–H and O–H groups in total. The second-order valence-corrected chi connectivity index (χ2v) is 6.89. The molecule has 1 saturated heterocycles. The lowest BCUT2D eigenvalue weighted by molar-refractivity contribution is -0.137. The molecule has 0 aromatic heterocycles. The van der Waals surface area contributed by atoms with Gasteiger partial charge in [0.05, 0.1) is 21.2 Å². The van der Waals surface area contributed by atoms with Crippen LogP contribution in [0.25, 0.3) is 0 Å². The van der Waals surface area contributed by atoms with Crippen LogP contribution in [0, 0.1) is 5.82 Å². The van der Waals surface area contributed by atoms with Crippen molar-refractivity contribution in [2.75, 3.05) is 31.1 Å². The predicted octanol–water partition coefficient (Wildman–Crippen LogP) is 5.11. The van der Waals surface area contributed by atoms with Crippen molar-refractivity contribution in [1.82, 2.24) is 4.90 Å². The standard InChI is InChI=1S/C18H14Cl2F4N2O/c19-14-10-15(20)16(21)9-13(14)17(27)26-6-4-25(5-7-26)12-3-1-2-11(8-12)18(22,23)24/h1-3,8-10H,4-7H2. The van der Waals surface area contributed by atoms with Gasteiger partial charge < -0.3 is 9.80 Å². The second-order valence-electron chi connectivity index (χ2n) is 6.07. The largest absolute Gasteiger partial charge is 0.416 e. The van der Waals surface area contributed by atoms with Crippen molar-refractivity contribution in [3.8, 4) is 0 Å². The summed E-state index contributed by atoms with van der Waals surface area (Å²) in [5, 5.41) is -0.127. The lowest BCUT2D eigenvalue weighted by Crippen LogP contribution is -2.49. The Labute approximate surface area is 163 Å². The Kier molecular flexibility index (Phi) is 5.53. The molecule has 1 amide bonds. The van der Waals surface area contributed by atoms with E-state index in [1.54, 1.807) is 11.0 Å². The van der Waals surface area contributed by atoms with Crippen LogP contribution in [-0.2, 0) is 6.18 Å². The summed E-state index contributed by atoms with van der Waals surface area (Å²) in [5.41, 5.74) is -0.277. The minimum atomic E-state index is -4.41. The molecular formula is C18H14Cl2F4N2O. The zero-order chi connectivity index (χ0) is 19.8. The summed E-state index contributed by atoms with van der Waals surface area (Å²) in [7, 11) is 0. The summed E-state index contributed by atoms with van der Waals surface area (Å²) in [6.45, 7) is 1.24. The number of nitrogens with zero attached hydrogens (tertiary/aromatic N) is 2. The number of hydrogen-bond acceptors (Lipinski definition) is 2. The molecule has 144 valence electrons. The highest BCUT2D eigenvalue weighted by atomic mass is 35.5. The summed E-state index contributed by atoms with van der Waals surface area (Å²) >= 11 is 11.6. The van der Waals surface area contributed by atoms with E-state index in [0.29, 0.717) is 18.8 Å². The van der Waals surface area contributed by atoms with Crippen molar-refractivity contribution in [2.24, 2.45) is 0 Å². The maximum absolute atomic E-state index is 13.6. The molecule has 1 aliphatic rings. The normalized spacial score (nSPS) is 15.2. The maximum atomic E-state index is 13.6. The molecule has 1 fully saturated rings. The molecule has 27 heavy (non-hydrogen) atoms. The topological polar surface area (TPSA) is 23.6 Å². The van der Waals surface area contributed by atoms with Crippen LogP contribution >= 0.6 is 23.2 Å². The smallest absolute Gasteiger partial charge is 0.368 e. The Morgan fingerprint density at radius 3 is 2.26 bits per heavy atom. The fraction of sp³-hybridized carbons (Fsp3) is 0.278. The van der Waals surface area contributed by atoms with Gasteiger partial charge in [-0.25, -0.2) is 4.39 Å². The molecule has 9 heteroatoms. The highest BCUT2D eigenvalue weighted by molar-refractivity contribution is 6.36. The van der Waals surface area contributed by atoms with Crippen LogP contribution in [0.2, 0.25) is 10.0 Å². The molecule has 0 spiro atoms. The third-order valence-electron chi connectivity index (χ3n) is 4.35. The lowest BCUT2D eigenvalue weighted by Gasteiger charge is -2.36. The fourth-order valence-corrected chi connectivity index (χ4v) is 3.37. The van der Waals surface area contributed by atoms with E-state index in [4.69, 9.17) is 23.2 Å². The van der Waals surface area contributed by atoms with Crippen LogP contribution < -0.4 is 4.90 Å². The van der Waals surface area contributed by atoms with Crippen LogP contribution in [0.1, 0.15) is 15.9 Å². The SMILES string of the molecule is O=C(c1cc(F)c(Cl)cc1Cl)N1CCN(c2cccc(C(F)(F)F)c2)CC1. The summed E-state index contributed by atoms with van der Waals surface area (Å²) in [4.78, 5) is 15.8. The van der Waals surface area contributed by atoms with Gasteiger partial charge in [-0.2, -0.15) is 13.2 Å². The van der Waals surface area contributed by atoms with Crippen molar-refractivity contribution in [3.63, 3.8) is 0 Å². The van der Waals surface area contributed by atoms with Gasteiger partial charge in [0.15, 0.2) is 0 Å². The van der Waals surface area contributed by atoms with Gasteiger partial charge in [-0.3, -0.25) is 4.79 Å². The van der Waals surface area contributed by atoms with Gasteiger partial charge in [0.25, 0.3) is 5.91 Å². The third-order valence-corrected chi connectivity index (χ3v) is 4.95. The van der Waals surface area contributed by atoms with Gasteiger partial charge in [-0.1, -0.05) is 29.3 Å². The Bertz CT molecular complexity index is 865. The van der Waals surface area contributed by atoms with Crippen LogP contribution in [0.4, 0.5) is 23.2 Å². The molecule has 0 unspecified atom stereocenters. The molecular weight excluding hydrogens is 407 g/mol. The van der Waals surface area contributed by atoms with Gasteiger partial charge >= 0.3 is 6.18 Å². The van der Waals surface area contributed by atoms with E-state index < -0.39 is 23.5 Å². The molecule has 1 heterocycles. The van der Waals surface area contributed by atoms with Gasteiger partial charge in [0, 0.05) is 31.9 Å². The fourth-order valence-electron chi connectivity index (χ4n) is 2.90. The van der Waals surface area contributed by atoms with Crippen LogP contribution in [0.3, 0.4) is 0 Å². The van der Waals surface area contributed by atoms with E-state index in [1.165, 1.54) is 17.0 Å². The molecule has 0 saturated carbocycles. The minimum Gasteiger partial charge on any atom is -0.368 e.